The number of hydrogen-bond donors (Lipinski definition) is 1. The van der Waals surface area contributed by atoms with Gasteiger partial charge in [0.15, 0.2) is 11.6 Å². The van der Waals surface area contributed by atoms with E-state index in [2.05, 4.69) is 26.9 Å². The van der Waals surface area contributed by atoms with Crippen LogP contribution in [0.3, 0.4) is 0 Å². The van der Waals surface area contributed by atoms with E-state index in [9.17, 15) is 13.9 Å². The molecule has 1 aliphatic carbocycles. The third kappa shape index (κ3) is 3.30. The molecule has 1 N–H and O–H groups in total. The van der Waals surface area contributed by atoms with Crippen molar-refractivity contribution in [3.8, 4) is 22.7 Å². The highest BCUT2D eigenvalue weighted by molar-refractivity contribution is 5.68. The van der Waals surface area contributed by atoms with E-state index in [1.807, 2.05) is 0 Å². The fraction of sp³-hybridized carbons (Fsp3) is 0.263. The van der Waals surface area contributed by atoms with E-state index in [0.29, 0.717) is 34.8 Å². The molecule has 1 fully saturated rings. The van der Waals surface area contributed by atoms with Crippen molar-refractivity contribution >= 4 is 5.57 Å². The van der Waals surface area contributed by atoms with Crippen molar-refractivity contribution < 1.29 is 13.9 Å². The number of alkyl halides is 1. The van der Waals surface area contributed by atoms with Gasteiger partial charge in [-0.05, 0) is 37.0 Å². The average molecular weight is 369 g/mol. The molecule has 0 aliphatic heterocycles. The molecular formula is C19H17F2N5O. The van der Waals surface area contributed by atoms with Crippen LogP contribution in [0.2, 0.25) is 0 Å². The van der Waals surface area contributed by atoms with Gasteiger partial charge in [0.05, 0.1) is 24.3 Å². The second-order valence-electron chi connectivity index (χ2n) is 6.55. The number of hydrogen-bond acceptors (Lipinski definition) is 5. The van der Waals surface area contributed by atoms with E-state index in [-0.39, 0.29) is 11.7 Å². The van der Waals surface area contributed by atoms with Crippen LogP contribution in [-0.4, -0.2) is 36.2 Å². The lowest BCUT2D eigenvalue weighted by Crippen LogP contribution is -2.12. The second-order valence-corrected chi connectivity index (χ2v) is 6.55. The molecule has 4 rings (SSSR count). The molecule has 0 unspecified atom stereocenters. The third-order valence-corrected chi connectivity index (χ3v) is 4.80. The van der Waals surface area contributed by atoms with Gasteiger partial charge in [0.2, 0.25) is 0 Å². The molecule has 1 aromatic carbocycles. The Hall–Kier alpha value is -3.16. The van der Waals surface area contributed by atoms with Crippen LogP contribution < -0.4 is 0 Å². The Morgan fingerprint density at radius 3 is 2.67 bits per heavy atom. The first-order chi connectivity index (χ1) is 13.0. The highest BCUT2D eigenvalue weighted by Crippen LogP contribution is 2.37. The largest absolute Gasteiger partial charge is 0.507 e. The maximum Gasteiger partial charge on any atom is 0.177 e. The van der Waals surface area contributed by atoms with Crippen LogP contribution >= 0.6 is 0 Å². The fourth-order valence-corrected chi connectivity index (χ4v) is 3.34. The SMILES string of the molecule is C=C(c1ncc(-c2ccc(-n3cc(F)cn3)cc2O)nn1)[C@H]1CCC[C@H]1F. The molecule has 2 atom stereocenters. The van der Waals surface area contributed by atoms with Crippen LogP contribution in [0.25, 0.3) is 22.5 Å². The average Bonchev–Trinajstić information content (AvgIpc) is 3.29. The number of allylic oxidation sites excluding steroid dienone is 1. The minimum Gasteiger partial charge on any atom is -0.507 e. The van der Waals surface area contributed by atoms with Crippen LogP contribution in [0, 0.1) is 11.7 Å². The Labute approximate surface area is 154 Å². The topological polar surface area (TPSA) is 76.7 Å². The second kappa shape index (κ2) is 6.86. The highest BCUT2D eigenvalue weighted by atomic mass is 19.1. The van der Waals surface area contributed by atoms with Gasteiger partial charge in [0, 0.05) is 17.5 Å². The number of halogens is 2. The number of rotatable bonds is 4. The minimum absolute atomic E-state index is 0.0642. The summed E-state index contributed by atoms with van der Waals surface area (Å²) >= 11 is 0. The fourth-order valence-electron chi connectivity index (χ4n) is 3.34. The van der Waals surface area contributed by atoms with Crippen LogP contribution in [0.5, 0.6) is 5.75 Å². The molecule has 0 radical (unpaired) electrons. The number of nitrogens with zero attached hydrogens (tertiary/aromatic N) is 5. The van der Waals surface area contributed by atoms with Gasteiger partial charge in [-0.15, -0.1) is 10.2 Å². The molecule has 3 aromatic rings. The van der Waals surface area contributed by atoms with Crippen molar-refractivity contribution in [2.75, 3.05) is 0 Å². The van der Waals surface area contributed by atoms with Crippen LogP contribution in [0.4, 0.5) is 8.78 Å². The molecule has 138 valence electrons. The summed E-state index contributed by atoms with van der Waals surface area (Å²) in [5.41, 5.74) is 1.85. The summed E-state index contributed by atoms with van der Waals surface area (Å²) in [6, 6.07) is 4.74. The molecule has 2 heterocycles. The molecule has 2 aromatic heterocycles. The molecule has 0 amide bonds. The van der Waals surface area contributed by atoms with Gasteiger partial charge < -0.3 is 5.11 Å². The number of benzene rings is 1. The normalized spacial score (nSPS) is 19.3. The Morgan fingerprint density at radius 2 is 2.07 bits per heavy atom. The Morgan fingerprint density at radius 1 is 1.22 bits per heavy atom. The summed E-state index contributed by atoms with van der Waals surface area (Å²) in [6.45, 7) is 3.93. The first-order valence-electron chi connectivity index (χ1n) is 8.60. The molecule has 1 saturated carbocycles. The van der Waals surface area contributed by atoms with Crippen molar-refractivity contribution in [3.63, 3.8) is 0 Å². The summed E-state index contributed by atoms with van der Waals surface area (Å²) in [6.07, 6.45) is 4.95. The molecule has 0 spiro atoms. The van der Waals surface area contributed by atoms with Gasteiger partial charge in [0.25, 0.3) is 0 Å². The summed E-state index contributed by atoms with van der Waals surface area (Å²) in [5.74, 6) is -0.482. The maximum absolute atomic E-state index is 13.9. The standard InChI is InChI=1S/C19H17F2N5O/c1-11(14-3-2-4-16(14)21)19-22-9-17(24-25-19)15-6-5-13(7-18(15)27)26-10-12(20)8-23-26/h5-10,14,16,27H,1-4H2/t14-,16-/m1/s1. The lowest BCUT2D eigenvalue weighted by molar-refractivity contribution is 0.302. The Kier molecular flexibility index (Phi) is 4.39. The highest BCUT2D eigenvalue weighted by Gasteiger charge is 2.31. The zero-order valence-electron chi connectivity index (χ0n) is 14.4. The van der Waals surface area contributed by atoms with E-state index in [1.165, 1.54) is 23.1 Å². The van der Waals surface area contributed by atoms with Crippen molar-refractivity contribution in [1.82, 2.24) is 25.0 Å². The molecule has 0 bridgehead atoms. The van der Waals surface area contributed by atoms with E-state index in [0.717, 1.165) is 19.0 Å². The van der Waals surface area contributed by atoms with Crippen molar-refractivity contribution in [2.45, 2.75) is 25.4 Å². The third-order valence-electron chi connectivity index (χ3n) is 4.80. The van der Waals surface area contributed by atoms with Gasteiger partial charge >= 0.3 is 0 Å². The van der Waals surface area contributed by atoms with Gasteiger partial charge in [-0.1, -0.05) is 6.58 Å². The summed E-state index contributed by atoms with van der Waals surface area (Å²) in [4.78, 5) is 4.24. The number of phenolic OH excluding ortho intramolecular Hbond substituents is 1. The van der Waals surface area contributed by atoms with Crippen LogP contribution in [-0.2, 0) is 0 Å². The molecule has 8 heteroatoms. The Bertz CT molecular complexity index is 986. The predicted octanol–water partition coefficient (Wildman–Crippen LogP) is 3.72. The quantitative estimate of drug-likeness (QED) is 0.758. The van der Waals surface area contributed by atoms with Gasteiger partial charge in [-0.25, -0.2) is 18.4 Å². The molecule has 27 heavy (non-hydrogen) atoms. The summed E-state index contributed by atoms with van der Waals surface area (Å²) < 4.78 is 28.3. The van der Waals surface area contributed by atoms with Gasteiger partial charge in [-0.3, -0.25) is 0 Å². The van der Waals surface area contributed by atoms with Crippen molar-refractivity contribution in [3.05, 3.63) is 55.0 Å². The zero-order chi connectivity index (χ0) is 19.0. The van der Waals surface area contributed by atoms with Crippen LogP contribution in [0.1, 0.15) is 25.1 Å². The van der Waals surface area contributed by atoms with E-state index in [4.69, 9.17) is 0 Å². The molecule has 6 nitrogen and oxygen atoms in total. The predicted molar refractivity (Wildman–Crippen MR) is 95.3 cm³/mol. The molecular weight excluding hydrogens is 352 g/mol. The summed E-state index contributed by atoms with van der Waals surface area (Å²) in [7, 11) is 0. The zero-order valence-corrected chi connectivity index (χ0v) is 14.4. The number of aromatic hydroxyl groups is 1. The number of phenols is 1. The Balaban J connectivity index is 1.58. The smallest absolute Gasteiger partial charge is 0.177 e. The van der Waals surface area contributed by atoms with Crippen molar-refractivity contribution in [2.24, 2.45) is 5.92 Å². The lowest BCUT2D eigenvalue weighted by atomic mass is 9.97. The number of aromatic nitrogens is 5. The van der Waals surface area contributed by atoms with E-state index < -0.39 is 12.0 Å². The van der Waals surface area contributed by atoms with Crippen LogP contribution in [0.15, 0.2) is 43.4 Å². The van der Waals surface area contributed by atoms with E-state index >= 15 is 0 Å². The van der Waals surface area contributed by atoms with Crippen molar-refractivity contribution in [1.29, 1.82) is 0 Å². The first-order valence-corrected chi connectivity index (χ1v) is 8.60. The lowest BCUT2D eigenvalue weighted by Gasteiger charge is -2.14. The molecule has 0 saturated heterocycles. The maximum atomic E-state index is 13.9. The molecule has 1 aliphatic rings. The van der Waals surface area contributed by atoms with Gasteiger partial charge in [0.1, 0.15) is 17.6 Å². The minimum atomic E-state index is -0.913. The summed E-state index contributed by atoms with van der Waals surface area (Å²) in [5, 5.41) is 22.3. The van der Waals surface area contributed by atoms with Gasteiger partial charge in [-0.2, -0.15) is 5.10 Å². The first kappa shape index (κ1) is 17.3. The van der Waals surface area contributed by atoms with E-state index in [1.54, 1.807) is 12.1 Å². The monoisotopic (exact) mass is 369 g/mol.